The third kappa shape index (κ3) is 2.17. The molecule has 1 fully saturated rings. The molecule has 0 spiro atoms. The number of carbonyl (C=O) groups is 1. The fourth-order valence-corrected chi connectivity index (χ4v) is 2.15. The number of rotatable bonds is 2. The van der Waals surface area contributed by atoms with E-state index in [1.54, 1.807) is 24.5 Å². The van der Waals surface area contributed by atoms with Crippen LogP contribution in [0.2, 0.25) is 0 Å². The first-order chi connectivity index (χ1) is 8.83. The van der Waals surface area contributed by atoms with Crippen LogP contribution in [0.5, 0.6) is 0 Å². The van der Waals surface area contributed by atoms with Crippen molar-refractivity contribution in [1.29, 1.82) is 0 Å². The summed E-state index contributed by atoms with van der Waals surface area (Å²) >= 11 is 0. The molecule has 3 rings (SSSR count). The number of hydrogen-bond acceptors (Lipinski definition) is 4. The molecule has 1 aromatic carbocycles. The molecule has 1 saturated heterocycles. The van der Waals surface area contributed by atoms with Gasteiger partial charge in [-0.2, -0.15) is 0 Å². The standard InChI is InChI=1S/C13H14N4O/c18-13(17-10-3-4-14-8-10)9-1-2-11-12(7-9)16-6-5-15-11/h1-2,5-7,10,14H,3-4,8H2,(H,17,18)/t10-/m0/s1. The first-order valence-electron chi connectivity index (χ1n) is 6.05. The Morgan fingerprint density at radius 2 is 2.11 bits per heavy atom. The molecule has 2 aromatic rings. The van der Waals surface area contributed by atoms with Crippen LogP contribution < -0.4 is 10.6 Å². The summed E-state index contributed by atoms with van der Waals surface area (Å²) in [6, 6.07) is 5.62. The van der Waals surface area contributed by atoms with E-state index in [2.05, 4.69) is 20.6 Å². The number of aromatic nitrogens is 2. The van der Waals surface area contributed by atoms with E-state index in [1.165, 1.54) is 0 Å². The molecule has 2 N–H and O–H groups in total. The highest BCUT2D eigenvalue weighted by Crippen LogP contribution is 2.11. The van der Waals surface area contributed by atoms with Gasteiger partial charge in [0, 0.05) is 30.5 Å². The molecule has 1 aliphatic rings. The van der Waals surface area contributed by atoms with E-state index in [1.807, 2.05) is 6.07 Å². The fourth-order valence-electron chi connectivity index (χ4n) is 2.15. The highest BCUT2D eigenvalue weighted by molar-refractivity contribution is 5.97. The van der Waals surface area contributed by atoms with Gasteiger partial charge in [-0.25, -0.2) is 0 Å². The molecule has 0 radical (unpaired) electrons. The number of hydrogen-bond donors (Lipinski definition) is 2. The number of benzene rings is 1. The predicted molar refractivity (Wildman–Crippen MR) is 68.3 cm³/mol. The van der Waals surface area contributed by atoms with Crippen LogP contribution in [0.1, 0.15) is 16.8 Å². The average Bonchev–Trinajstić information content (AvgIpc) is 2.91. The summed E-state index contributed by atoms with van der Waals surface area (Å²) < 4.78 is 0. The minimum atomic E-state index is -0.0451. The van der Waals surface area contributed by atoms with E-state index in [9.17, 15) is 4.79 Å². The Bertz CT molecular complexity index is 578. The lowest BCUT2D eigenvalue weighted by atomic mass is 10.1. The van der Waals surface area contributed by atoms with Crippen LogP contribution in [0.25, 0.3) is 11.0 Å². The highest BCUT2D eigenvalue weighted by atomic mass is 16.1. The minimum Gasteiger partial charge on any atom is -0.348 e. The second-order valence-corrected chi connectivity index (χ2v) is 4.42. The van der Waals surface area contributed by atoms with Gasteiger partial charge in [0.15, 0.2) is 0 Å². The number of amides is 1. The lowest BCUT2D eigenvalue weighted by Gasteiger charge is -2.11. The van der Waals surface area contributed by atoms with Gasteiger partial charge in [-0.15, -0.1) is 0 Å². The van der Waals surface area contributed by atoms with Gasteiger partial charge >= 0.3 is 0 Å². The van der Waals surface area contributed by atoms with Gasteiger partial charge in [-0.1, -0.05) is 0 Å². The topological polar surface area (TPSA) is 66.9 Å². The van der Waals surface area contributed by atoms with Crippen molar-refractivity contribution in [3.8, 4) is 0 Å². The maximum absolute atomic E-state index is 12.1. The zero-order valence-corrected chi connectivity index (χ0v) is 9.89. The monoisotopic (exact) mass is 242 g/mol. The van der Waals surface area contributed by atoms with Crippen LogP contribution in [0.4, 0.5) is 0 Å². The Kier molecular flexibility index (Phi) is 2.90. The first-order valence-corrected chi connectivity index (χ1v) is 6.05. The third-order valence-electron chi connectivity index (χ3n) is 3.13. The maximum Gasteiger partial charge on any atom is 0.251 e. The van der Waals surface area contributed by atoms with Gasteiger partial charge in [0.05, 0.1) is 11.0 Å². The first kappa shape index (κ1) is 11.1. The lowest BCUT2D eigenvalue weighted by molar-refractivity contribution is 0.0940. The molecule has 2 heterocycles. The SMILES string of the molecule is O=C(N[C@H]1CCNC1)c1ccc2nccnc2c1. The summed E-state index contributed by atoms with van der Waals surface area (Å²) in [6.45, 7) is 1.81. The normalized spacial score (nSPS) is 19.0. The van der Waals surface area contributed by atoms with Gasteiger partial charge in [0.2, 0.25) is 0 Å². The maximum atomic E-state index is 12.1. The van der Waals surface area contributed by atoms with Gasteiger partial charge < -0.3 is 10.6 Å². The molecule has 0 bridgehead atoms. The molecule has 1 amide bonds. The summed E-state index contributed by atoms with van der Waals surface area (Å²) in [5, 5.41) is 6.23. The molecule has 92 valence electrons. The molecule has 1 aromatic heterocycles. The summed E-state index contributed by atoms with van der Waals surface area (Å²) in [4.78, 5) is 20.4. The zero-order chi connectivity index (χ0) is 12.4. The Balaban J connectivity index is 1.82. The second kappa shape index (κ2) is 4.70. The molecule has 1 aliphatic heterocycles. The fraction of sp³-hybridized carbons (Fsp3) is 0.308. The molecule has 0 aliphatic carbocycles. The van der Waals surface area contributed by atoms with E-state index < -0.39 is 0 Å². The van der Waals surface area contributed by atoms with E-state index in [0.717, 1.165) is 30.5 Å². The van der Waals surface area contributed by atoms with Crippen LogP contribution >= 0.6 is 0 Å². The molecule has 0 unspecified atom stereocenters. The molecule has 5 heteroatoms. The van der Waals surface area contributed by atoms with Crippen molar-refractivity contribution < 1.29 is 4.79 Å². The summed E-state index contributed by atoms with van der Waals surface area (Å²) in [5.74, 6) is -0.0451. The van der Waals surface area contributed by atoms with Crippen LogP contribution in [0, 0.1) is 0 Å². The summed E-state index contributed by atoms with van der Waals surface area (Å²) in [7, 11) is 0. The largest absolute Gasteiger partial charge is 0.348 e. The van der Waals surface area contributed by atoms with Crippen molar-refractivity contribution in [3.63, 3.8) is 0 Å². The Hall–Kier alpha value is -2.01. The van der Waals surface area contributed by atoms with Crippen LogP contribution in [-0.2, 0) is 0 Å². The van der Waals surface area contributed by atoms with Crippen molar-refractivity contribution in [2.45, 2.75) is 12.5 Å². The molecule has 5 nitrogen and oxygen atoms in total. The van der Waals surface area contributed by atoms with Crippen molar-refractivity contribution in [2.24, 2.45) is 0 Å². The van der Waals surface area contributed by atoms with Gasteiger partial charge in [0.25, 0.3) is 5.91 Å². The summed E-state index contributed by atoms with van der Waals surface area (Å²) in [5.41, 5.74) is 2.18. The molecule has 1 atom stereocenters. The molecule has 18 heavy (non-hydrogen) atoms. The van der Waals surface area contributed by atoms with Crippen molar-refractivity contribution in [1.82, 2.24) is 20.6 Å². The zero-order valence-electron chi connectivity index (χ0n) is 9.89. The minimum absolute atomic E-state index is 0.0451. The van der Waals surface area contributed by atoms with Crippen molar-refractivity contribution in [3.05, 3.63) is 36.2 Å². The molecular weight excluding hydrogens is 228 g/mol. The second-order valence-electron chi connectivity index (χ2n) is 4.42. The summed E-state index contributed by atoms with van der Waals surface area (Å²) in [6.07, 6.45) is 4.26. The van der Waals surface area contributed by atoms with E-state index in [4.69, 9.17) is 0 Å². The van der Waals surface area contributed by atoms with Gasteiger partial charge in [-0.3, -0.25) is 14.8 Å². The van der Waals surface area contributed by atoms with Crippen LogP contribution in [-0.4, -0.2) is 35.0 Å². The van der Waals surface area contributed by atoms with Crippen LogP contribution in [0.15, 0.2) is 30.6 Å². The number of fused-ring (bicyclic) bond motifs is 1. The Labute approximate surface area is 105 Å². The molecule has 0 saturated carbocycles. The van der Waals surface area contributed by atoms with Gasteiger partial charge in [0.1, 0.15) is 0 Å². The predicted octanol–water partition coefficient (Wildman–Crippen LogP) is 0.721. The van der Waals surface area contributed by atoms with E-state index in [0.29, 0.717) is 5.56 Å². The highest BCUT2D eigenvalue weighted by Gasteiger charge is 2.17. The Morgan fingerprint density at radius 3 is 2.89 bits per heavy atom. The quantitative estimate of drug-likeness (QED) is 0.814. The molecular formula is C13H14N4O. The number of carbonyl (C=O) groups excluding carboxylic acids is 1. The van der Waals surface area contributed by atoms with Gasteiger partial charge in [-0.05, 0) is 31.2 Å². The van der Waals surface area contributed by atoms with E-state index in [-0.39, 0.29) is 11.9 Å². The number of nitrogens with zero attached hydrogens (tertiary/aromatic N) is 2. The smallest absolute Gasteiger partial charge is 0.251 e. The third-order valence-corrected chi connectivity index (χ3v) is 3.13. The lowest BCUT2D eigenvalue weighted by Crippen LogP contribution is -2.36. The average molecular weight is 242 g/mol. The van der Waals surface area contributed by atoms with E-state index >= 15 is 0 Å². The van der Waals surface area contributed by atoms with Crippen LogP contribution in [0.3, 0.4) is 0 Å². The van der Waals surface area contributed by atoms with Crippen molar-refractivity contribution >= 4 is 16.9 Å². The van der Waals surface area contributed by atoms with Crippen molar-refractivity contribution in [2.75, 3.05) is 13.1 Å². The number of nitrogens with one attached hydrogen (secondary N) is 2. The Morgan fingerprint density at radius 1 is 1.28 bits per heavy atom.